The molecule has 1 saturated heterocycles. The van der Waals surface area contributed by atoms with Crippen LogP contribution in [-0.4, -0.2) is 40.7 Å². The molecular weight excluding hydrogens is 216 g/mol. The third-order valence-corrected chi connectivity index (χ3v) is 3.39. The van der Waals surface area contributed by atoms with E-state index in [2.05, 4.69) is 27.3 Å². The Morgan fingerprint density at radius 3 is 2.71 bits per heavy atom. The largest absolute Gasteiger partial charge is 0.339 e. The topological polar surface area (TPSA) is 54.2 Å². The summed E-state index contributed by atoms with van der Waals surface area (Å²) in [6, 6.07) is 0.657. The Morgan fingerprint density at radius 2 is 2.12 bits per heavy atom. The minimum Gasteiger partial charge on any atom is -0.339 e. The summed E-state index contributed by atoms with van der Waals surface area (Å²) in [7, 11) is 0. The zero-order valence-corrected chi connectivity index (χ0v) is 10.8. The molecule has 0 amide bonds. The first-order chi connectivity index (χ1) is 8.33. The van der Waals surface area contributed by atoms with Gasteiger partial charge in [-0.25, -0.2) is 0 Å². The quantitative estimate of drug-likeness (QED) is 0.835. The first-order valence-corrected chi connectivity index (χ1v) is 6.59. The smallest absolute Gasteiger partial charge is 0.226 e. The Labute approximate surface area is 103 Å². The van der Waals surface area contributed by atoms with Gasteiger partial charge in [0.05, 0.1) is 6.54 Å². The molecule has 0 saturated carbocycles. The summed E-state index contributed by atoms with van der Waals surface area (Å²) in [6.45, 7) is 8.32. The average Bonchev–Trinajstić information content (AvgIpc) is 2.84. The summed E-state index contributed by atoms with van der Waals surface area (Å²) < 4.78 is 5.15. The summed E-state index contributed by atoms with van der Waals surface area (Å²) in [4.78, 5) is 6.83. The lowest BCUT2D eigenvalue weighted by molar-refractivity contribution is 0.157. The van der Waals surface area contributed by atoms with E-state index in [9.17, 15) is 0 Å². The maximum atomic E-state index is 5.15. The number of rotatable bonds is 5. The van der Waals surface area contributed by atoms with Crippen molar-refractivity contribution in [2.75, 3.05) is 19.6 Å². The SMILES string of the molecule is CCc1nc(CN(CC)C2CCNCC2)no1. The van der Waals surface area contributed by atoms with Crippen LogP contribution < -0.4 is 5.32 Å². The molecule has 5 nitrogen and oxygen atoms in total. The standard InChI is InChI=1S/C12H22N4O/c1-3-12-14-11(15-17-12)9-16(4-2)10-5-7-13-8-6-10/h10,13H,3-9H2,1-2H3. The molecule has 0 aliphatic carbocycles. The molecule has 2 heterocycles. The Bertz CT molecular complexity index is 333. The molecule has 1 aliphatic heterocycles. The molecule has 0 atom stereocenters. The number of aromatic nitrogens is 2. The highest BCUT2D eigenvalue weighted by Gasteiger charge is 2.21. The van der Waals surface area contributed by atoms with Crippen molar-refractivity contribution < 1.29 is 4.52 Å². The fraction of sp³-hybridized carbons (Fsp3) is 0.833. The fourth-order valence-electron chi connectivity index (χ4n) is 2.35. The van der Waals surface area contributed by atoms with Gasteiger partial charge in [0.1, 0.15) is 0 Å². The van der Waals surface area contributed by atoms with Crippen molar-refractivity contribution in [2.24, 2.45) is 0 Å². The molecule has 1 N–H and O–H groups in total. The second-order valence-corrected chi connectivity index (χ2v) is 4.50. The number of nitrogens with zero attached hydrogens (tertiary/aromatic N) is 3. The molecule has 1 aromatic rings. The number of hydrogen-bond acceptors (Lipinski definition) is 5. The van der Waals surface area contributed by atoms with Gasteiger partial charge in [0.2, 0.25) is 5.89 Å². The predicted octanol–water partition coefficient (Wildman–Crippen LogP) is 1.21. The summed E-state index contributed by atoms with van der Waals surface area (Å²) >= 11 is 0. The van der Waals surface area contributed by atoms with Gasteiger partial charge in [-0.15, -0.1) is 0 Å². The first kappa shape index (κ1) is 12.5. The van der Waals surface area contributed by atoms with Crippen molar-refractivity contribution in [3.05, 3.63) is 11.7 Å². The van der Waals surface area contributed by atoms with E-state index in [-0.39, 0.29) is 0 Å². The highest BCUT2D eigenvalue weighted by Crippen LogP contribution is 2.14. The Hall–Kier alpha value is -0.940. The molecule has 1 aliphatic rings. The van der Waals surface area contributed by atoms with Crippen LogP contribution in [0.3, 0.4) is 0 Å². The molecule has 17 heavy (non-hydrogen) atoms. The van der Waals surface area contributed by atoms with E-state index in [1.807, 2.05) is 6.92 Å². The van der Waals surface area contributed by atoms with Gasteiger partial charge >= 0.3 is 0 Å². The second-order valence-electron chi connectivity index (χ2n) is 4.50. The normalized spacial score (nSPS) is 17.8. The maximum absolute atomic E-state index is 5.15. The molecule has 5 heteroatoms. The van der Waals surface area contributed by atoms with Gasteiger partial charge in [-0.05, 0) is 32.5 Å². The molecule has 1 fully saturated rings. The summed E-state index contributed by atoms with van der Waals surface area (Å²) in [5.74, 6) is 1.56. The van der Waals surface area contributed by atoms with Crippen LogP contribution >= 0.6 is 0 Å². The fourth-order valence-corrected chi connectivity index (χ4v) is 2.35. The van der Waals surface area contributed by atoms with Crippen LogP contribution in [0.2, 0.25) is 0 Å². The van der Waals surface area contributed by atoms with Gasteiger partial charge < -0.3 is 9.84 Å². The van der Waals surface area contributed by atoms with E-state index >= 15 is 0 Å². The van der Waals surface area contributed by atoms with Gasteiger partial charge in [0.15, 0.2) is 5.82 Å². The lowest BCUT2D eigenvalue weighted by Gasteiger charge is -2.32. The summed E-state index contributed by atoms with van der Waals surface area (Å²) in [5.41, 5.74) is 0. The maximum Gasteiger partial charge on any atom is 0.226 e. The second kappa shape index (κ2) is 6.12. The van der Waals surface area contributed by atoms with Crippen LogP contribution in [0, 0.1) is 0 Å². The van der Waals surface area contributed by atoms with Crippen LogP contribution in [0.25, 0.3) is 0 Å². The molecule has 0 spiro atoms. The van der Waals surface area contributed by atoms with E-state index < -0.39 is 0 Å². The minimum atomic E-state index is 0.657. The van der Waals surface area contributed by atoms with Crippen molar-refractivity contribution in [3.8, 4) is 0 Å². The zero-order valence-electron chi connectivity index (χ0n) is 10.8. The molecule has 0 radical (unpaired) electrons. The lowest BCUT2D eigenvalue weighted by Crippen LogP contribution is -2.42. The van der Waals surface area contributed by atoms with E-state index in [0.717, 1.165) is 44.3 Å². The van der Waals surface area contributed by atoms with Gasteiger partial charge in [-0.2, -0.15) is 4.98 Å². The molecule has 1 aromatic heterocycles. The molecule has 0 bridgehead atoms. The van der Waals surface area contributed by atoms with Crippen molar-refractivity contribution in [1.29, 1.82) is 0 Å². The molecule has 2 rings (SSSR count). The van der Waals surface area contributed by atoms with E-state index in [4.69, 9.17) is 4.52 Å². The Kier molecular flexibility index (Phi) is 4.50. The van der Waals surface area contributed by atoms with Crippen LogP contribution in [0.15, 0.2) is 4.52 Å². The summed E-state index contributed by atoms with van der Waals surface area (Å²) in [6.07, 6.45) is 3.24. The highest BCUT2D eigenvalue weighted by molar-refractivity contribution is 4.88. The third-order valence-electron chi connectivity index (χ3n) is 3.39. The van der Waals surface area contributed by atoms with E-state index in [1.54, 1.807) is 0 Å². The van der Waals surface area contributed by atoms with Gasteiger partial charge in [-0.1, -0.05) is 19.0 Å². The molecule has 0 unspecified atom stereocenters. The average molecular weight is 238 g/mol. The van der Waals surface area contributed by atoms with Gasteiger partial charge in [-0.3, -0.25) is 4.90 Å². The monoisotopic (exact) mass is 238 g/mol. The van der Waals surface area contributed by atoms with Gasteiger partial charge in [0, 0.05) is 12.5 Å². The third kappa shape index (κ3) is 3.26. The number of nitrogens with one attached hydrogen (secondary N) is 1. The predicted molar refractivity (Wildman–Crippen MR) is 65.7 cm³/mol. The van der Waals surface area contributed by atoms with E-state index in [1.165, 1.54) is 12.8 Å². The molecule has 0 aromatic carbocycles. The van der Waals surface area contributed by atoms with Crippen molar-refractivity contribution >= 4 is 0 Å². The van der Waals surface area contributed by atoms with Crippen LogP contribution in [-0.2, 0) is 13.0 Å². The summed E-state index contributed by atoms with van der Waals surface area (Å²) in [5, 5.41) is 7.42. The number of hydrogen-bond donors (Lipinski definition) is 1. The van der Waals surface area contributed by atoms with Crippen molar-refractivity contribution in [2.45, 2.75) is 45.7 Å². The van der Waals surface area contributed by atoms with Crippen molar-refractivity contribution in [3.63, 3.8) is 0 Å². The lowest BCUT2D eigenvalue weighted by atomic mass is 10.0. The number of aryl methyl sites for hydroxylation is 1. The Morgan fingerprint density at radius 1 is 1.35 bits per heavy atom. The van der Waals surface area contributed by atoms with Crippen LogP contribution in [0.4, 0.5) is 0 Å². The molecular formula is C12H22N4O. The van der Waals surface area contributed by atoms with Gasteiger partial charge in [0.25, 0.3) is 0 Å². The highest BCUT2D eigenvalue weighted by atomic mass is 16.5. The Balaban J connectivity index is 1.93. The zero-order chi connectivity index (χ0) is 12.1. The van der Waals surface area contributed by atoms with Crippen LogP contribution in [0.1, 0.15) is 38.4 Å². The minimum absolute atomic E-state index is 0.657. The van der Waals surface area contributed by atoms with E-state index in [0.29, 0.717) is 6.04 Å². The molecule has 96 valence electrons. The number of piperidine rings is 1. The van der Waals surface area contributed by atoms with Crippen molar-refractivity contribution in [1.82, 2.24) is 20.4 Å². The first-order valence-electron chi connectivity index (χ1n) is 6.59. The van der Waals surface area contributed by atoms with Crippen LogP contribution in [0.5, 0.6) is 0 Å².